The highest BCUT2D eigenvalue weighted by Crippen LogP contribution is 2.66. The van der Waals surface area contributed by atoms with Gasteiger partial charge in [-0.3, -0.25) is 4.52 Å². The van der Waals surface area contributed by atoms with Crippen LogP contribution >= 0.6 is 23.5 Å². The predicted octanol–water partition coefficient (Wildman–Crippen LogP) is -0.898. The number of aromatic nitrogens is 2. The standard InChI is InChI=1S/C9H16N3O13P3/c10-7-3-4-12(9(13)11-7)23-8-2-1-6(22-8)5-21-27(17,18)25-28(19,20)24-26(14,15)16/h3-4,6,8H,1-2,5H2,(H,17,18)(H,19,20)(H2,10,11,13)(H2,14,15,16)/t6-,8-/m1/s1. The zero-order valence-corrected chi connectivity index (χ0v) is 16.4. The molecule has 0 aliphatic carbocycles. The molecule has 19 heteroatoms. The summed E-state index contributed by atoms with van der Waals surface area (Å²) in [6.07, 6.45) is -0.0448. The average Bonchev–Trinajstić information content (AvgIpc) is 2.92. The summed E-state index contributed by atoms with van der Waals surface area (Å²) in [7, 11) is -16.3. The summed E-state index contributed by atoms with van der Waals surface area (Å²) in [5.74, 6) is -0.00827. The highest BCUT2D eigenvalue weighted by atomic mass is 31.3. The van der Waals surface area contributed by atoms with Crippen molar-refractivity contribution in [3.8, 4) is 0 Å². The molecule has 16 nitrogen and oxygen atoms in total. The molecule has 2 rings (SSSR count). The summed E-state index contributed by atoms with van der Waals surface area (Å²) in [5, 5.41) is 0. The summed E-state index contributed by atoms with van der Waals surface area (Å²) in [6, 6.07) is 1.31. The van der Waals surface area contributed by atoms with Gasteiger partial charge in [-0.1, -0.05) is 0 Å². The molecule has 1 aromatic heterocycles. The number of hydrogen-bond acceptors (Lipinski definition) is 11. The number of nitrogens with two attached hydrogens (primary N) is 1. The Hall–Kier alpha value is -1.15. The first-order valence-corrected chi connectivity index (χ1v) is 11.7. The Morgan fingerprint density at radius 1 is 1.18 bits per heavy atom. The van der Waals surface area contributed by atoms with Gasteiger partial charge in [-0.15, -0.1) is 4.73 Å². The van der Waals surface area contributed by atoms with E-state index in [1.165, 1.54) is 12.3 Å². The molecular weight excluding hydrogens is 451 g/mol. The highest BCUT2D eigenvalue weighted by Gasteiger charge is 2.41. The fourth-order valence-corrected chi connectivity index (χ4v) is 5.01. The smallest absolute Gasteiger partial charge is 0.383 e. The van der Waals surface area contributed by atoms with Gasteiger partial charge in [0.1, 0.15) is 5.82 Å². The lowest BCUT2D eigenvalue weighted by atomic mass is 10.2. The quantitative estimate of drug-likeness (QED) is 0.277. The van der Waals surface area contributed by atoms with Gasteiger partial charge in [0, 0.05) is 12.5 Å². The molecule has 1 saturated heterocycles. The van der Waals surface area contributed by atoms with Crippen molar-refractivity contribution in [2.45, 2.75) is 25.2 Å². The zero-order chi connectivity index (χ0) is 21.2. The van der Waals surface area contributed by atoms with Gasteiger partial charge >= 0.3 is 29.2 Å². The van der Waals surface area contributed by atoms with Crippen molar-refractivity contribution in [2.24, 2.45) is 0 Å². The first kappa shape index (κ1) is 23.1. The number of nitrogens with zero attached hydrogens (tertiary/aromatic N) is 2. The van der Waals surface area contributed by atoms with Crippen LogP contribution in [0.3, 0.4) is 0 Å². The Bertz CT molecular complexity index is 899. The molecular formula is C9H16N3O13P3. The SMILES string of the molecule is Nc1ccn(O[C@@H]2CC[C@H](COP(=O)(O)OP(=O)(O)OP(=O)(O)O)O2)c(=O)n1. The number of anilines is 1. The van der Waals surface area contributed by atoms with E-state index in [9.17, 15) is 23.4 Å². The molecule has 0 saturated carbocycles. The molecule has 1 aliphatic heterocycles. The molecule has 1 aromatic rings. The molecule has 0 spiro atoms. The van der Waals surface area contributed by atoms with E-state index in [0.29, 0.717) is 0 Å². The number of ether oxygens (including phenoxy) is 1. The van der Waals surface area contributed by atoms with Gasteiger partial charge in [0.25, 0.3) is 0 Å². The van der Waals surface area contributed by atoms with Crippen LogP contribution in [0.5, 0.6) is 0 Å². The molecule has 0 amide bonds. The van der Waals surface area contributed by atoms with Gasteiger partial charge in [-0.2, -0.15) is 13.6 Å². The van der Waals surface area contributed by atoms with E-state index >= 15 is 0 Å². The maximum absolute atomic E-state index is 11.6. The molecule has 0 aromatic carbocycles. The van der Waals surface area contributed by atoms with Gasteiger partial charge < -0.3 is 34.9 Å². The summed E-state index contributed by atoms with van der Waals surface area (Å²) < 4.78 is 51.0. The average molecular weight is 467 g/mol. The maximum Gasteiger partial charge on any atom is 0.490 e. The minimum atomic E-state index is -5.59. The molecule has 2 heterocycles. The van der Waals surface area contributed by atoms with Crippen LogP contribution in [0.4, 0.5) is 5.82 Å². The highest BCUT2D eigenvalue weighted by molar-refractivity contribution is 7.66. The molecule has 28 heavy (non-hydrogen) atoms. The molecule has 1 fully saturated rings. The normalized spacial score (nSPS) is 24.4. The number of nitrogen functional groups attached to an aromatic ring is 1. The molecule has 1 aliphatic rings. The molecule has 4 atom stereocenters. The Labute approximate surface area is 156 Å². The Morgan fingerprint density at radius 2 is 1.86 bits per heavy atom. The maximum atomic E-state index is 11.6. The number of rotatable bonds is 9. The van der Waals surface area contributed by atoms with Crippen LogP contribution in [0.1, 0.15) is 12.8 Å². The predicted molar refractivity (Wildman–Crippen MR) is 87.2 cm³/mol. The second kappa shape index (κ2) is 8.69. The topological polar surface area (TPSA) is 239 Å². The van der Waals surface area contributed by atoms with E-state index in [1.54, 1.807) is 0 Å². The largest absolute Gasteiger partial charge is 0.490 e. The number of hydrogen-bond donors (Lipinski definition) is 5. The molecule has 160 valence electrons. The summed E-state index contributed by atoms with van der Waals surface area (Å²) in [5.41, 5.74) is 4.54. The van der Waals surface area contributed by atoms with Crippen LogP contribution in [0.2, 0.25) is 0 Å². The van der Waals surface area contributed by atoms with Gasteiger partial charge in [0.05, 0.1) is 18.9 Å². The van der Waals surface area contributed by atoms with Crippen molar-refractivity contribution in [2.75, 3.05) is 12.3 Å². The second-order valence-electron chi connectivity index (χ2n) is 5.22. The second-order valence-corrected chi connectivity index (χ2v) is 9.64. The summed E-state index contributed by atoms with van der Waals surface area (Å²) in [6.45, 7) is -0.613. The van der Waals surface area contributed by atoms with E-state index < -0.39 is 48.2 Å². The molecule has 0 radical (unpaired) electrons. The Kier molecular flexibility index (Phi) is 7.18. The fraction of sp³-hybridized carbons (Fsp3) is 0.556. The van der Waals surface area contributed by atoms with E-state index in [0.717, 1.165) is 4.73 Å². The van der Waals surface area contributed by atoms with Crippen molar-refractivity contribution in [1.29, 1.82) is 0 Å². The van der Waals surface area contributed by atoms with E-state index in [1.807, 2.05) is 0 Å². The molecule has 6 N–H and O–H groups in total. The van der Waals surface area contributed by atoms with Crippen LogP contribution in [0, 0.1) is 0 Å². The van der Waals surface area contributed by atoms with Gasteiger partial charge in [0.2, 0.25) is 6.29 Å². The van der Waals surface area contributed by atoms with Gasteiger partial charge in [-0.25, -0.2) is 18.5 Å². The minimum absolute atomic E-state index is 0.00827. The minimum Gasteiger partial charge on any atom is -0.383 e. The van der Waals surface area contributed by atoms with Crippen LogP contribution in [-0.2, 0) is 31.6 Å². The van der Waals surface area contributed by atoms with E-state index in [2.05, 4.69) is 18.1 Å². The van der Waals surface area contributed by atoms with Gasteiger partial charge in [-0.05, 0) is 6.42 Å². The monoisotopic (exact) mass is 467 g/mol. The fourth-order valence-electron chi connectivity index (χ4n) is 1.97. The zero-order valence-electron chi connectivity index (χ0n) is 13.7. The van der Waals surface area contributed by atoms with E-state index in [4.69, 9.17) is 30.0 Å². The van der Waals surface area contributed by atoms with Crippen LogP contribution in [-0.4, -0.2) is 48.3 Å². The third kappa shape index (κ3) is 7.70. The van der Waals surface area contributed by atoms with Crippen LogP contribution in [0.25, 0.3) is 0 Å². The number of phosphoric acid groups is 3. The summed E-state index contributed by atoms with van der Waals surface area (Å²) in [4.78, 5) is 55.5. The van der Waals surface area contributed by atoms with Crippen molar-refractivity contribution in [3.63, 3.8) is 0 Å². The van der Waals surface area contributed by atoms with Crippen LogP contribution < -0.4 is 16.3 Å². The number of phosphoric ester groups is 1. The third-order valence-electron chi connectivity index (χ3n) is 2.93. The molecule has 2 unspecified atom stereocenters. The lowest BCUT2D eigenvalue weighted by Crippen LogP contribution is -2.35. The first-order chi connectivity index (χ1) is 12.7. The summed E-state index contributed by atoms with van der Waals surface area (Å²) >= 11 is 0. The lowest BCUT2D eigenvalue weighted by Gasteiger charge is -2.18. The van der Waals surface area contributed by atoms with Crippen LogP contribution in [0.15, 0.2) is 17.1 Å². The van der Waals surface area contributed by atoms with Crippen molar-refractivity contribution >= 4 is 29.3 Å². The van der Waals surface area contributed by atoms with Crippen molar-refractivity contribution in [3.05, 3.63) is 22.7 Å². The van der Waals surface area contributed by atoms with Crippen molar-refractivity contribution < 1.29 is 56.0 Å². The Balaban J connectivity index is 1.85. The molecule has 0 bridgehead atoms. The first-order valence-electron chi connectivity index (χ1n) is 7.21. The Morgan fingerprint density at radius 3 is 2.46 bits per heavy atom. The lowest BCUT2D eigenvalue weighted by molar-refractivity contribution is -0.145. The van der Waals surface area contributed by atoms with Crippen molar-refractivity contribution in [1.82, 2.24) is 9.71 Å². The van der Waals surface area contributed by atoms with Gasteiger partial charge in [0.15, 0.2) is 0 Å². The third-order valence-corrected chi connectivity index (χ3v) is 6.74. The van der Waals surface area contributed by atoms with E-state index in [-0.39, 0.29) is 18.7 Å².